The van der Waals surface area contributed by atoms with E-state index in [4.69, 9.17) is 10.5 Å². The van der Waals surface area contributed by atoms with E-state index in [1.165, 1.54) is 6.42 Å². The molecular formula is C12H22N2O2. The Hall–Kier alpha value is -0.610. The zero-order chi connectivity index (χ0) is 11.6. The first-order valence-corrected chi connectivity index (χ1v) is 6.31. The average Bonchev–Trinajstić information content (AvgIpc) is 2.29. The molecule has 2 heterocycles. The number of hydrogen-bond donors (Lipinski definition) is 1. The van der Waals surface area contributed by atoms with Crippen LogP contribution in [0.25, 0.3) is 0 Å². The molecule has 2 atom stereocenters. The van der Waals surface area contributed by atoms with E-state index in [0.29, 0.717) is 0 Å². The fourth-order valence-electron chi connectivity index (χ4n) is 2.81. The summed E-state index contributed by atoms with van der Waals surface area (Å²) in [5, 5.41) is 0. The van der Waals surface area contributed by atoms with E-state index in [-0.39, 0.29) is 11.5 Å². The summed E-state index contributed by atoms with van der Waals surface area (Å²) < 4.78 is 5.93. The Morgan fingerprint density at radius 1 is 1.38 bits per heavy atom. The molecule has 16 heavy (non-hydrogen) atoms. The molecule has 2 N–H and O–H groups in total. The van der Waals surface area contributed by atoms with Crippen molar-refractivity contribution in [1.82, 2.24) is 4.90 Å². The van der Waals surface area contributed by atoms with Gasteiger partial charge in [0.25, 0.3) is 0 Å². The van der Waals surface area contributed by atoms with Crippen LogP contribution in [0.4, 0.5) is 0 Å². The number of likely N-dealkylation sites (tertiary alicyclic amines) is 1. The summed E-state index contributed by atoms with van der Waals surface area (Å²) in [6.07, 6.45) is 5.60. The minimum absolute atomic E-state index is 0.0545. The quantitative estimate of drug-likeness (QED) is 0.722. The summed E-state index contributed by atoms with van der Waals surface area (Å²) in [7, 11) is 0. The molecule has 0 bridgehead atoms. The Kier molecular flexibility index (Phi) is 3.50. The summed E-state index contributed by atoms with van der Waals surface area (Å²) in [6, 6.07) is -0.390. The van der Waals surface area contributed by atoms with Gasteiger partial charge in [-0.3, -0.25) is 4.79 Å². The number of ether oxygens (including phenoxy) is 1. The van der Waals surface area contributed by atoms with Gasteiger partial charge in [-0.05, 0) is 39.0 Å². The highest BCUT2D eigenvalue weighted by molar-refractivity contribution is 5.81. The van der Waals surface area contributed by atoms with Crippen LogP contribution in [0.2, 0.25) is 0 Å². The molecule has 2 rings (SSSR count). The molecule has 2 aliphatic rings. The Morgan fingerprint density at radius 3 is 2.75 bits per heavy atom. The second kappa shape index (κ2) is 4.72. The van der Waals surface area contributed by atoms with Crippen molar-refractivity contribution in [3.8, 4) is 0 Å². The van der Waals surface area contributed by atoms with E-state index in [2.05, 4.69) is 0 Å². The van der Waals surface area contributed by atoms with Crippen molar-refractivity contribution < 1.29 is 9.53 Å². The zero-order valence-electron chi connectivity index (χ0n) is 10.1. The Balaban J connectivity index is 2.00. The number of hydrogen-bond acceptors (Lipinski definition) is 3. The highest BCUT2D eigenvalue weighted by atomic mass is 16.5. The van der Waals surface area contributed by atoms with Crippen molar-refractivity contribution in [2.75, 3.05) is 19.7 Å². The second-order valence-corrected chi connectivity index (χ2v) is 5.14. The Bertz CT molecular complexity index is 254. The molecule has 0 aromatic rings. The molecule has 2 saturated heterocycles. The summed E-state index contributed by atoms with van der Waals surface area (Å²) in [4.78, 5) is 13.8. The summed E-state index contributed by atoms with van der Waals surface area (Å²) in [6.45, 7) is 4.18. The first-order chi connectivity index (χ1) is 7.63. The number of rotatable bonds is 1. The molecule has 0 unspecified atom stereocenters. The number of piperidine rings is 1. The first-order valence-electron chi connectivity index (χ1n) is 6.31. The third kappa shape index (κ3) is 2.38. The Labute approximate surface area is 97.1 Å². The molecule has 4 nitrogen and oxygen atoms in total. The van der Waals surface area contributed by atoms with Crippen LogP contribution in [-0.4, -0.2) is 42.1 Å². The molecule has 92 valence electrons. The van der Waals surface area contributed by atoms with Gasteiger partial charge in [0.2, 0.25) is 5.91 Å². The number of carbonyl (C=O) groups is 1. The second-order valence-electron chi connectivity index (χ2n) is 5.14. The van der Waals surface area contributed by atoms with Crippen molar-refractivity contribution in [2.24, 2.45) is 5.73 Å². The lowest BCUT2D eigenvalue weighted by Crippen LogP contribution is -2.55. The maximum atomic E-state index is 11.9. The van der Waals surface area contributed by atoms with E-state index in [0.717, 1.165) is 45.4 Å². The minimum atomic E-state index is -0.390. The number of nitrogens with two attached hydrogens (primary N) is 1. The van der Waals surface area contributed by atoms with Crippen molar-refractivity contribution in [3.63, 3.8) is 0 Å². The lowest BCUT2D eigenvalue weighted by atomic mass is 9.85. The smallest absolute Gasteiger partial charge is 0.239 e. The first kappa shape index (κ1) is 11.9. The van der Waals surface area contributed by atoms with E-state index < -0.39 is 6.04 Å². The number of nitrogens with zero attached hydrogens (tertiary/aromatic N) is 1. The summed E-state index contributed by atoms with van der Waals surface area (Å²) in [5.74, 6) is 0.0632. The zero-order valence-corrected chi connectivity index (χ0v) is 10.1. The standard InChI is InChI=1S/C12H22N2O2/c1-10(13)11(15)14-7-4-6-12(9-14)5-2-3-8-16-12/h10H,2-9,13H2,1H3/t10-,12+/m0/s1. The fourth-order valence-corrected chi connectivity index (χ4v) is 2.81. The average molecular weight is 226 g/mol. The predicted octanol–water partition coefficient (Wildman–Crippen LogP) is 0.895. The molecule has 1 amide bonds. The van der Waals surface area contributed by atoms with Crippen LogP contribution in [0.1, 0.15) is 39.0 Å². The SMILES string of the molecule is C[C@H](N)C(=O)N1CCC[C@]2(CCCCO2)C1. The molecule has 0 radical (unpaired) electrons. The van der Waals surface area contributed by atoms with Crippen LogP contribution < -0.4 is 5.73 Å². The lowest BCUT2D eigenvalue weighted by Gasteiger charge is -2.45. The van der Waals surface area contributed by atoms with Gasteiger partial charge in [-0.15, -0.1) is 0 Å². The molecule has 1 spiro atoms. The fraction of sp³-hybridized carbons (Fsp3) is 0.917. The normalized spacial score (nSPS) is 32.8. The molecule has 0 aliphatic carbocycles. The van der Waals surface area contributed by atoms with Crippen molar-refractivity contribution in [2.45, 2.75) is 50.7 Å². The van der Waals surface area contributed by atoms with Gasteiger partial charge < -0.3 is 15.4 Å². The van der Waals surface area contributed by atoms with Crippen LogP contribution in [-0.2, 0) is 9.53 Å². The van der Waals surface area contributed by atoms with Crippen LogP contribution >= 0.6 is 0 Å². The molecule has 0 aromatic carbocycles. The van der Waals surface area contributed by atoms with Gasteiger partial charge in [-0.25, -0.2) is 0 Å². The minimum Gasteiger partial charge on any atom is -0.373 e. The largest absolute Gasteiger partial charge is 0.373 e. The third-order valence-electron chi connectivity index (χ3n) is 3.68. The molecule has 2 aliphatic heterocycles. The van der Waals surface area contributed by atoms with Crippen LogP contribution in [0, 0.1) is 0 Å². The van der Waals surface area contributed by atoms with Crippen molar-refractivity contribution in [3.05, 3.63) is 0 Å². The monoisotopic (exact) mass is 226 g/mol. The van der Waals surface area contributed by atoms with Gasteiger partial charge in [0.05, 0.1) is 11.6 Å². The maximum Gasteiger partial charge on any atom is 0.239 e. The number of carbonyl (C=O) groups excluding carboxylic acids is 1. The molecule has 2 fully saturated rings. The lowest BCUT2D eigenvalue weighted by molar-refractivity contribution is -0.149. The van der Waals surface area contributed by atoms with Gasteiger partial charge in [0.1, 0.15) is 0 Å². The van der Waals surface area contributed by atoms with Gasteiger partial charge in [0.15, 0.2) is 0 Å². The summed E-state index contributed by atoms with van der Waals surface area (Å²) >= 11 is 0. The van der Waals surface area contributed by atoms with Crippen molar-refractivity contribution >= 4 is 5.91 Å². The van der Waals surface area contributed by atoms with E-state index in [1.807, 2.05) is 4.90 Å². The van der Waals surface area contributed by atoms with Crippen LogP contribution in [0.15, 0.2) is 0 Å². The van der Waals surface area contributed by atoms with Crippen molar-refractivity contribution in [1.29, 1.82) is 0 Å². The highest BCUT2D eigenvalue weighted by Crippen LogP contribution is 2.33. The van der Waals surface area contributed by atoms with Gasteiger partial charge >= 0.3 is 0 Å². The Morgan fingerprint density at radius 2 is 2.12 bits per heavy atom. The third-order valence-corrected chi connectivity index (χ3v) is 3.68. The van der Waals surface area contributed by atoms with Gasteiger partial charge in [0, 0.05) is 19.7 Å². The molecule has 0 saturated carbocycles. The van der Waals surface area contributed by atoms with E-state index in [1.54, 1.807) is 6.92 Å². The number of amides is 1. The molecule has 0 aromatic heterocycles. The predicted molar refractivity (Wildman–Crippen MR) is 62.0 cm³/mol. The topological polar surface area (TPSA) is 55.6 Å². The highest BCUT2D eigenvalue weighted by Gasteiger charge is 2.39. The molecule has 4 heteroatoms. The summed E-state index contributed by atoms with van der Waals surface area (Å²) in [5.41, 5.74) is 5.60. The van der Waals surface area contributed by atoms with Crippen LogP contribution in [0.3, 0.4) is 0 Å². The van der Waals surface area contributed by atoms with Gasteiger partial charge in [-0.2, -0.15) is 0 Å². The van der Waals surface area contributed by atoms with Crippen LogP contribution in [0.5, 0.6) is 0 Å². The van der Waals surface area contributed by atoms with Gasteiger partial charge in [-0.1, -0.05) is 0 Å². The van der Waals surface area contributed by atoms with E-state index in [9.17, 15) is 4.79 Å². The van der Waals surface area contributed by atoms with E-state index >= 15 is 0 Å². The molecular weight excluding hydrogens is 204 g/mol. The maximum absolute atomic E-state index is 11.9.